The van der Waals surface area contributed by atoms with Gasteiger partial charge in [0.05, 0.1) is 0 Å². The molecule has 3 heteroatoms. The van der Waals surface area contributed by atoms with Crippen LogP contribution in [0.15, 0.2) is 6.08 Å². The third-order valence-electron chi connectivity index (χ3n) is 0.331. The van der Waals surface area contributed by atoms with Crippen molar-refractivity contribution in [1.29, 1.82) is 0 Å². The molecule has 0 aliphatic rings. The first-order valence-electron chi connectivity index (χ1n) is 1.66. The van der Waals surface area contributed by atoms with Gasteiger partial charge >= 0.3 is 0 Å². The molecule has 0 atom stereocenters. The Morgan fingerprint density at radius 2 is 2.43 bits per heavy atom. The van der Waals surface area contributed by atoms with Gasteiger partial charge in [0.25, 0.3) is 6.47 Å². The van der Waals surface area contributed by atoms with Crippen molar-refractivity contribution in [3.63, 3.8) is 0 Å². The highest BCUT2D eigenvalue weighted by molar-refractivity contribution is 5.46. The molecular weight excluding hydrogens is 98.0 g/mol. The summed E-state index contributed by atoms with van der Waals surface area (Å²) < 4.78 is 4.08. The highest BCUT2D eigenvalue weighted by atomic mass is 16.5. The van der Waals surface area contributed by atoms with E-state index in [-0.39, 0.29) is 13.1 Å². The molecule has 3 nitrogen and oxygen atoms in total. The maximum Gasteiger partial charge on any atom is 0.293 e. The molecule has 38 valence electrons. The van der Waals surface area contributed by atoms with Gasteiger partial charge < -0.3 is 4.74 Å². The number of carbonyl (C=O) groups excluding carboxylic acids is 2. The summed E-state index contributed by atoms with van der Waals surface area (Å²) in [5.41, 5.74) is 0. The van der Waals surface area contributed by atoms with Gasteiger partial charge in [-0.2, -0.15) is 0 Å². The van der Waals surface area contributed by atoms with Crippen LogP contribution in [0.4, 0.5) is 0 Å². The minimum atomic E-state index is 0.0208. The zero-order chi connectivity index (χ0) is 5.54. The second-order valence-corrected chi connectivity index (χ2v) is 0.752. The van der Waals surface area contributed by atoms with Gasteiger partial charge in [0.2, 0.25) is 0 Å². The Labute approximate surface area is 40.6 Å². The molecule has 0 bridgehead atoms. The number of carbonyl (C=O) groups is 1. The van der Waals surface area contributed by atoms with E-state index in [1.54, 1.807) is 0 Å². The molecule has 0 N–H and O–H groups in total. The van der Waals surface area contributed by atoms with Crippen molar-refractivity contribution >= 4 is 12.4 Å². The first kappa shape index (κ1) is 5.92. The monoisotopic (exact) mass is 102 g/mol. The molecule has 0 fully saturated rings. The summed E-state index contributed by atoms with van der Waals surface area (Å²) in [6.07, 6.45) is 1.08. The van der Waals surface area contributed by atoms with E-state index < -0.39 is 0 Å². The standard InChI is InChI=1S/C4H4O3/c5-2-1-3-7-4-6/h1,4H,3H2/i2+2. The van der Waals surface area contributed by atoms with Gasteiger partial charge in [0, 0.05) is 6.08 Å². The van der Waals surface area contributed by atoms with Crippen molar-refractivity contribution in [1.82, 2.24) is 0 Å². The van der Waals surface area contributed by atoms with E-state index in [2.05, 4.69) is 4.74 Å². The van der Waals surface area contributed by atoms with Gasteiger partial charge in [0.15, 0.2) is 0 Å². The number of hydrogen-bond donors (Lipinski definition) is 0. The van der Waals surface area contributed by atoms with Crippen LogP contribution in [0.2, 0.25) is 0 Å². The third-order valence-corrected chi connectivity index (χ3v) is 0.331. The fourth-order valence-corrected chi connectivity index (χ4v) is 0.121. The molecule has 0 saturated heterocycles. The third kappa shape index (κ3) is 4.92. The minimum Gasteiger partial charge on any atom is -0.463 e. The van der Waals surface area contributed by atoms with Crippen LogP contribution in [0.3, 0.4) is 0 Å². The Balaban J connectivity index is 2.97. The average Bonchev–Trinajstić information content (AvgIpc) is 1.69. The van der Waals surface area contributed by atoms with E-state index in [0.717, 1.165) is 6.08 Å². The normalized spacial score (nSPS) is 6.29. The van der Waals surface area contributed by atoms with Crippen LogP contribution in [0.5, 0.6) is 0 Å². The first-order valence-corrected chi connectivity index (χ1v) is 1.66. The van der Waals surface area contributed by atoms with Crippen LogP contribution in [0.25, 0.3) is 0 Å². The largest absolute Gasteiger partial charge is 0.463 e. The first-order chi connectivity index (χ1) is 3.41. The topological polar surface area (TPSA) is 43.4 Å². The molecule has 0 saturated carbocycles. The molecular formula is C4H4O3. The number of hydrogen-bond acceptors (Lipinski definition) is 3. The minimum absolute atomic E-state index is 0.0208. The summed E-state index contributed by atoms with van der Waals surface area (Å²) in [6, 6.07) is 0. The Morgan fingerprint density at radius 3 is 2.86 bits per heavy atom. The molecule has 0 rings (SSSR count). The van der Waals surface area contributed by atoms with Crippen LogP contribution in [-0.2, 0) is 14.3 Å². The lowest BCUT2D eigenvalue weighted by atomic mass is 10.8. The SMILES string of the molecule is O=COCC=[14C]=O. The molecule has 0 radical (unpaired) electrons. The van der Waals surface area contributed by atoms with Crippen LogP contribution < -0.4 is 0 Å². The molecule has 0 amide bonds. The van der Waals surface area contributed by atoms with Crippen LogP contribution in [0.1, 0.15) is 0 Å². The van der Waals surface area contributed by atoms with Crippen LogP contribution >= 0.6 is 0 Å². The highest BCUT2D eigenvalue weighted by Gasteiger charge is 1.69. The van der Waals surface area contributed by atoms with Crippen molar-refractivity contribution in [3.8, 4) is 0 Å². The van der Waals surface area contributed by atoms with Crippen molar-refractivity contribution in [2.24, 2.45) is 0 Å². The van der Waals surface area contributed by atoms with Gasteiger partial charge in [-0.25, -0.2) is 4.79 Å². The van der Waals surface area contributed by atoms with E-state index in [1.807, 2.05) is 0 Å². The zero-order valence-electron chi connectivity index (χ0n) is 3.59. The lowest BCUT2D eigenvalue weighted by Crippen LogP contribution is -1.84. The Morgan fingerprint density at radius 1 is 1.71 bits per heavy atom. The predicted octanol–water partition coefficient (Wildman–Crippen LogP) is -0.453. The number of ether oxygens (including phenoxy) is 1. The fraction of sp³-hybridized carbons (Fsp3) is 0.250. The maximum absolute atomic E-state index is 9.31. The zero-order valence-corrected chi connectivity index (χ0v) is 3.59. The smallest absolute Gasteiger partial charge is 0.293 e. The summed E-state index contributed by atoms with van der Waals surface area (Å²) >= 11 is 0. The van der Waals surface area contributed by atoms with E-state index in [1.165, 1.54) is 5.94 Å². The lowest BCUT2D eigenvalue weighted by molar-refractivity contribution is -0.127. The Kier molecular flexibility index (Phi) is 4.16. The molecule has 0 aromatic carbocycles. The summed E-state index contributed by atoms with van der Waals surface area (Å²) in [6.45, 7) is 0.292. The summed E-state index contributed by atoms with van der Waals surface area (Å²) in [7, 11) is 0. The van der Waals surface area contributed by atoms with Gasteiger partial charge in [-0.05, 0) is 0 Å². The van der Waals surface area contributed by atoms with Crippen molar-refractivity contribution in [2.45, 2.75) is 0 Å². The lowest BCUT2D eigenvalue weighted by Gasteiger charge is -1.81. The Hall–Kier alpha value is -1.08. The molecule has 0 aliphatic heterocycles. The molecule has 0 heterocycles. The quantitative estimate of drug-likeness (QED) is 0.275. The average molecular weight is 102 g/mol. The van der Waals surface area contributed by atoms with E-state index >= 15 is 0 Å². The van der Waals surface area contributed by atoms with Crippen molar-refractivity contribution in [2.75, 3.05) is 6.61 Å². The fourth-order valence-electron chi connectivity index (χ4n) is 0.121. The maximum atomic E-state index is 9.31. The van der Waals surface area contributed by atoms with E-state index in [4.69, 9.17) is 0 Å². The van der Waals surface area contributed by atoms with Crippen LogP contribution in [-0.4, -0.2) is 19.0 Å². The molecule has 0 unspecified atom stereocenters. The summed E-state index contributed by atoms with van der Waals surface area (Å²) in [5, 5.41) is 0. The van der Waals surface area contributed by atoms with Gasteiger partial charge in [-0.1, -0.05) is 0 Å². The van der Waals surface area contributed by atoms with Gasteiger partial charge in [0.1, 0.15) is 12.5 Å². The molecule has 0 aromatic rings. The summed E-state index contributed by atoms with van der Waals surface area (Å²) in [5.74, 6) is 1.44. The van der Waals surface area contributed by atoms with E-state index in [9.17, 15) is 9.59 Å². The van der Waals surface area contributed by atoms with E-state index in [0.29, 0.717) is 0 Å². The number of rotatable bonds is 3. The molecule has 0 aliphatic carbocycles. The van der Waals surface area contributed by atoms with Crippen molar-refractivity contribution in [3.05, 3.63) is 6.08 Å². The molecule has 0 spiro atoms. The molecule has 0 aromatic heterocycles. The van der Waals surface area contributed by atoms with Gasteiger partial charge in [-0.15, -0.1) is 0 Å². The van der Waals surface area contributed by atoms with Crippen molar-refractivity contribution < 1.29 is 14.3 Å². The predicted molar refractivity (Wildman–Crippen MR) is 22.3 cm³/mol. The van der Waals surface area contributed by atoms with Gasteiger partial charge in [-0.3, -0.25) is 4.79 Å². The second-order valence-electron chi connectivity index (χ2n) is 0.752. The Bertz CT molecular complexity index is 91.1. The summed E-state index contributed by atoms with van der Waals surface area (Å²) in [4.78, 5) is 18.6. The van der Waals surface area contributed by atoms with Crippen LogP contribution in [0, 0.1) is 0 Å². The second kappa shape index (κ2) is 4.92. The highest BCUT2D eigenvalue weighted by Crippen LogP contribution is 1.62. The molecule has 7 heavy (non-hydrogen) atoms.